The van der Waals surface area contributed by atoms with Crippen molar-refractivity contribution in [3.8, 4) is 0 Å². The summed E-state index contributed by atoms with van der Waals surface area (Å²) in [6.07, 6.45) is 5.80. The maximum atomic E-state index is 12.2. The van der Waals surface area contributed by atoms with Gasteiger partial charge < -0.3 is 5.11 Å². The molecule has 19 heavy (non-hydrogen) atoms. The van der Waals surface area contributed by atoms with Gasteiger partial charge in [-0.25, -0.2) is 0 Å². The topological polar surface area (TPSA) is 74.7 Å². The highest BCUT2D eigenvalue weighted by atomic mass is 16.4. The molecule has 5 heteroatoms. The number of allylic oxidation sites excluding steroid dienone is 2. The molecule has 1 N–H and O–H groups in total. The summed E-state index contributed by atoms with van der Waals surface area (Å²) in [5, 5.41) is 8.83. The van der Waals surface area contributed by atoms with E-state index in [0.717, 1.165) is 0 Å². The summed E-state index contributed by atoms with van der Waals surface area (Å²) in [7, 11) is 0. The molecule has 0 aromatic rings. The van der Waals surface area contributed by atoms with E-state index in [1.165, 1.54) is 4.90 Å². The van der Waals surface area contributed by atoms with Gasteiger partial charge in [-0.15, -0.1) is 0 Å². The lowest BCUT2D eigenvalue weighted by Gasteiger charge is -2.20. The Labute approximate surface area is 112 Å². The largest absolute Gasteiger partial charge is 0.481 e. The second-order valence-corrected chi connectivity index (χ2v) is 5.32. The first-order chi connectivity index (χ1) is 9.04. The van der Waals surface area contributed by atoms with Crippen molar-refractivity contribution in [1.82, 2.24) is 4.90 Å². The smallest absolute Gasteiger partial charge is 0.303 e. The molecular formula is C14H19NO4. The molecule has 1 fully saturated rings. The number of aliphatic carboxylic acids is 1. The van der Waals surface area contributed by atoms with Crippen molar-refractivity contribution < 1.29 is 19.5 Å². The third-order valence-corrected chi connectivity index (χ3v) is 4.08. The molecular weight excluding hydrogens is 246 g/mol. The van der Waals surface area contributed by atoms with E-state index in [2.05, 4.69) is 0 Å². The number of fused-ring (bicyclic) bond motifs is 1. The highest BCUT2D eigenvalue weighted by Crippen LogP contribution is 2.35. The number of likely N-dealkylation sites (tertiary alicyclic amines) is 1. The molecule has 104 valence electrons. The van der Waals surface area contributed by atoms with Gasteiger partial charge >= 0.3 is 5.97 Å². The molecule has 2 rings (SSSR count). The Morgan fingerprint density at radius 2 is 1.84 bits per heavy atom. The van der Waals surface area contributed by atoms with E-state index < -0.39 is 5.97 Å². The van der Waals surface area contributed by atoms with E-state index in [-0.39, 0.29) is 42.5 Å². The zero-order valence-electron chi connectivity index (χ0n) is 11.0. The van der Waals surface area contributed by atoms with Gasteiger partial charge in [0.2, 0.25) is 11.8 Å². The van der Waals surface area contributed by atoms with Crippen molar-refractivity contribution in [3.05, 3.63) is 12.2 Å². The minimum Gasteiger partial charge on any atom is -0.481 e. The molecule has 1 unspecified atom stereocenters. The molecule has 0 radical (unpaired) electrons. The van der Waals surface area contributed by atoms with Crippen LogP contribution >= 0.6 is 0 Å². The van der Waals surface area contributed by atoms with Crippen LogP contribution in [-0.4, -0.2) is 34.3 Å². The summed E-state index contributed by atoms with van der Waals surface area (Å²) < 4.78 is 0. The summed E-state index contributed by atoms with van der Waals surface area (Å²) in [6.45, 7) is 2.13. The molecule has 1 heterocycles. The first-order valence-corrected chi connectivity index (χ1v) is 6.76. The normalized spacial score (nSPS) is 27.5. The molecule has 5 nitrogen and oxygen atoms in total. The minimum atomic E-state index is -0.884. The number of carbonyl (C=O) groups is 3. The number of hydrogen-bond donors (Lipinski definition) is 1. The van der Waals surface area contributed by atoms with Crippen molar-refractivity contribution in [2.24, 2.45) is 17.8 Å². The summed E-state index contributed by atoms with van der Waals surface area (Å²) >= 11 is 0. The van der Waals surface area contributed by atoms with Gasteiger partial charge in [-0.3, -0.25) is 19.3 Å². The molecule has 0 aromatic carbocycles. The third kappa shape index (κ3) is 2.69. The molecule has 0 aromatic heterocycles. The Kier molecular flexibility index (Phi) is 4.02. The third-order valence-electron chi connectivity index (χ3n) is 4.08. The van der Waals surface area contributed by atoms with Crippen LogP contribution in [0.3, 0.4) is 0 Å². The first-order valence-electron chi connectivity index (χ1n) is 6.76. The maximum Gasteiger partial charge on any atom is 0.303 e. The lowest BCUT2D eigenvalue weighted by atomic mass is 9.85. The zero-order chi connectivity index (χ0) is 14.0. The predicted molar refractivity (Wildman–Crippen MR) is 68.1 cm³/mol. The van der Waals surface area contributed by atoms with E-state index >= 15 is 0 Å². The highest BCUT2D eigenvalue weighted by molar-refractivity contribution is 6.05. The van der Waals surface area contributed by atoms with Gasteiger partial charge in [0.05, 0.1) is 11.8 Å². The van der Waals surface area contributed by atoms with Crippen molar-refractivity contribution in [1.29, 1.82) is 0 Å². The Hall–Kier alpha value is -1.65. The van der Waals surface area contributed by atoms with Crippen LogP contribution in [0.25, 0.3) is 0 Å². The van der Waals surface area contributed by atoms with Crippen LogP contribution in [0.2, 0.25) is 0 Å². The van der Waals surface area contributed by atoms with E-state index in [1.54, 1.807) is 0 Å². The van der Waals surface area contributed by atoms with Crippen LogP contribution in [0.5, 0.6) is 0 Å². The number of carbonyl (C=O) groups excluding carboxylic acids is 2. The summed E-state index contributed by atoms with van der Waals surface area (Å²) in [4.78, 5) is 36.5. The van der Waals surface area contributed by atoms with Crippen molar-refractivity contribution in [2.45, 2.75) is 32.6 Å². The number of imide groups is 1. The van der Waals surface area contributed by atoms with Crippen LogP contribution in [0, 0.1) is 17.8 Å². The van der Waals surface area contributed by atoms with Crippen LogP contribution in [0.15, 0.2) is 12.2 Å². The van der Waals surface area contributed by atoms with Crippen LogP contribution in [0.1, 0.15) is 32.6 Å². The van der Waals surface area contributed by atoms with Crippen molar-refractivity contribution in [2.75, 3.05) is 6.54 Å². The number of rotatable bonds is 5. The van der Waals surface area contributed by atoms with Crippen molar-refractivity contribution >= 4 is 17.8 Å². The van der Waals surface area contributed by atoms with E-state index in [4.69, 9.17) is 5.11 Å². The summed E-state index contributed by atoms with van der Waals surface area (Å²) in [6, 6.07) is 0. The first kappa shape index (κ1) is 13.8. The quantitative estimate of drug-likeness (QED) is 0.603. The number of carboxylic acid groups (broad SMARTS) is 1. The molecule has 3 atom stereocenters. The summed E-state index contributed by atoms with van der Waals surface area (Å²) in [5.41, 5.74) is 0. The Morgan fingerprint density at radius 1 is 1.32 bits per heavy atom. The lowest BCUT2D eigenvalue weighted by molar-refractivity contribution is -0.143. The number of amides is 2. The Balaban J connectivity index is 2.06. The molecule has 1 saturated heterocycles. The van der Waals surface area contributed by atoms with E-state index in [1.807, 2.05) is 19.1 Å². The Bertz CT molecular complexity index is 403. The van der Waals surface area contributed by atoms with Gasteiger partial charge in [-0.2, -0.15) is 0 Å². The molecule has 2 aliphatic rings. The average molecular weight is 265 g/mol. The van der Waals surface area contributed by atoms with E-state index in [0.29, 0.717) is 19.3 Å². The second kappa shape index (κ2) is 5.55. The fourth-order valence-corrected chi connectivity index (χ4v) is 2.89. The van der Waals surface area contributed by atoms with Gasteiger partial charge in [0, 0.05) is 13.0 Å². The number of hydrogen-bond acceptors (Lipinski definition) is 3. The maximum absolute atomic E-state index is 12.2. The standard InChI is InChI=1S/C14H19NO4/c1-2-9(7-12(16)17)8-15-13(18)10-5-3-4-6-11(10)14(15)19/h3-4,9-11H,2,5-8H2,1H3,(H,16,17)/t9?,10-,11+. The van der Waals surface area contributed by atoms with Crippen LogP contribution in [0.4, 0.5) is 0 Å². The van der Waals surface area contributed by atoms with Gasteiger partial charge in [0.15, 0.2) is 0 Å². The van der Waals surface area contributed by atoms with Gasteiger partial charge in [0.1, 0.15) is 0 Å². The fraction of sp³-hybridized carbons (Fsp3) is 0.643. The van der Waals surface area contributed by atoms with Crippen LogP contribution < -0.4 is 0 Å². The van der Waals surface area contributed by atoms with Crippen LogP contribution in [-0.2, 0) is 14.4 Å². The molecule has 1 aliphatic carbocycles. The second-order valence-electron chi connectivity index (χ2n) is 5.32. The predicted octanol–water partition coefficient (Wildman–Crippen LogP) is 1.44. The highest BCUT2D eigenvalue weighted by Gasteiger charge is 2.47. The summed E-state index contributed by atoms with van der Waals surface area (Å²) in [5.74, 6) is -1.73. The molecule has 2 amide bonds. The molecule has 1 aliphatic heterocycles. The average Bonchev–Trinajstić information content (AvgIpc) is 2.63. The molecule has 0 spiro atoms. The zero-order valence-corrected chi connectivity index (χ0v) is 11.0. The van der Waals surface area contributed by atoms with Gasteiger partial charge in [-0.05, 0) is 18.8 Å². The van der Waals surface area contributed by atoms with Crippen molar-refractivity contribution in [3.63, 3.8) is 0 Å². The fourth-order valence-electron chi connectivity index (χ4n) is 2.89. The lowest BCUT2D eigenvalue weighted by Crippen LogP contribution is -2.36. The number of nitrogens with zero attached hydrogens (tertiary/aromatic N) is 1. The Morgan fingerprint density at radius 3 is 2.26 bits per heavy atom. The number of carboxylic acids is 1. The molecule has 0 saturated carbocycles. The van der Waals surface area contributed by atoms with Gasteiger partial charge in [0.25, 0.3) is 0 Å². The SMILES string of the molecule is CCC(CC(=O)O)CN1C(=O)[C@H]2CC=CC[C@H]2C1=O. The monoisotopic (exact) mass is 265 g/mol. The molecule has 0 bridgehead atoms. The van der Waals surface area contributed by atoms with Gasteiger partial charge in [-0.1, -0.05) is 25.5 Å². The minimum absolute atomic E-state index is 0.00113. The van der Waals surface area contributed by atoms with E-state index in [9.17, 15) is 14.4 Å².